The summed E-state index contributed by atoms with van der Waals surface area (Å²) < 4.78 is 11.0. The van der Waals surface area contributed by atoms with Crippen molar-refractivity contribution in [2.45, 2.75) is 85.4 Å². The number of nitrogens with one attached hydrogen (secondary N) is 1. The van der Waals surface area contributed by atoms with Crippen LogP contribution in [0.3, 0.4) is 0 Å². The molecule has 0 spiro atoms. The van der Waals surface area contributed by atoms with Crippen molar-refractivity contribution in [2.24, 2.45) is 5.41 Å². The Morgan fingerprint density at radius 1 is 0.886 bits per heavy atom. The maximum Gasteiger partial charge on any atom is 0.412 e. The number of ketones is 1. The second-order valence-corrected chi connectivity index (χ2v) is 14.0. The first-order chi connectivity index (χ1) is 20.6. The predicted molar refractivity (Wildman–Crippen MR) is 173 cm³/mol. The highest BCUT2D eigenvalue weighted by Crippen LogP contribution is 2.35. The standard InChI is InChI=1S/C36H45N3O5/c1-34(2,3)43-32(41)38-30-15-14-27(28-9-8-18-37-24-28)21-29(30)22-31(40)26-12-10-25(11-13-26)23-36(7)16-19-39(20-17-36)33(42)44-35(4,5)6/h8-15,18,21,24H,16-17,19-20,22-23H2,1-7H3,(H,38,41). The van der Waals surface area contributed by atoms with Crippen LogP contribution in [0.2, 0.25) is 0 Å². The molecule has 8 heteroatoms. The summed E-state index contributed by atoms with van der Waals surface area (Å²) in [6.07, 6.45) is 5.39. The highest BCUT2D eigenvalue weighted by atomic mass is 16.6. The van der Waals surface area contributed by atoms with E-state index in [9.17, 15) is 14.4 Å². The van der Waals surface area contributed by atoms with Crippen LogP contribution >= 0.6 is 0 Å². The van der Waals surface area contributed by atoms with Crippen LogP contribution in [-0.2, 0) is 22.3 Å². The monoisotopic (exact) mass is 599 g/mol. The van der Waals surface area contributed by atoms with Gasteiger partial charge in [-0.1, -0.05) is 43.3 Å². The summed E-state index contributed by atoms with van der Waals surface area (Å²) in [4.78, 5) is 44.5. The minimum absolute atomic E-state index is 0.0518. The van der Waals surface area contributed by atoms with Crippen LogP contribution in [0.4, 0.5) is 15.3 Å². The van der Waals surface area contributed by atoms with Crippen molar-refractivity contribution in [1.29, 1.82) is 0 Å². The third-order valence-corrected chi connectivity index (χ3v) is 7.62. The van der Waals surface area contributed by atoms with E-state index in [1.54, 1.807) is 44.1 Å². The van der Waals surface area contributed by atoms with Crippen LogP contribution in [0, 0.1) is 5.41 Å². The molecule has 0 unspecified atom stereocenters. The largest absolute Gasteiger partial charge is 0.444 e. The zero-order valence-corrected chi connectivity index (χ0v) is 27.0. The van der Waals surface area contributed by atoms with Crippen LogP contribution in [0.1, 0.15) is 82.8 Å². The van der Waals surface area contributed by atoms with Gasteiger partial charge >= 0.3 is 12.2 Å². The van der Waals surface area contributed by atoms with Crippen molar-refractivity contribution in [3.63, 3.8) is 0 Å². The number of hydrogen-bond acceptors (Lipinski definition) is 6. The van der Waals surface area contributed by atoms with Crippen LogP contribution in [-0.4, -0.2) is 52.1 Å². The summed E-state index contributed by atoms with van der Waals surface area (Å²) in [5.41, 5.74) is 3.70. The molecule has 1 N–H and O–H groups in total. The lowest BCUT2D eigenvalue weighted by molar-refractivity contribution is 0.0119. The number of piperidine rings is 1. The summed E-state index contributed by atoms with van der Waals surface area (Å²) in [6.45, 7) is 14.7. The van der Waals surface area contributed by atoms with E-state index in [1.807, 2.05) is 69.3 Å². The summed E-state index contributed by atoms with van der Waals surface area (Å²) >= 11 is 0. The average molecular weight is 600 g/mol. The number of hydrogen-bond donors (Lipinski definition) is 1. The topological polar surface area (TPSA) is 97.8 Å². The van der Waals surface area contributed by atoms with E-state index in [0.29, 0.717) is 29.9 Å². The van der Waals surface area contributed by atoms with Crippen molar-refractivity contribution < 1.29 is 23.9 Å². The summed E-state index contributed by atoms with van der Waals surface area (Å²) in [5, 5.41) is 2.82. The van der Waals surface area contributed by atoms with E-state index >= 15 is 0 Å². The number of nitrogens with zero attached hydrogens (tertiary/aromatic N) is 2. The van der Waals surface area contributed by atoms with Gasteiger partial charge in [0.25, 0.3) is 0 Å². The van der Waals surface area contributed by atoms with E-state index in [-0.39, 0.29) is 23.7 Å². The Morgan fingerprint density at radius 2 is 1.55 bits per heavy atom. The first kappa shape index (κ1) is 32.7. The van der Waals surface area contributed by atoms with E-state index in [4.69, 9.17) is 9.47 Å². The van der Waals surface area contributed by atoms with Gasteiger partial charge in [0.05, 0.1) is 0 Å². The number of pyridine rings is 1. The number of amides is 2. The number of ether oxygens (including phenoxy) is 2. The molecule has 0 saturated carbocycles. The first-order valence-corrected chi connectivity index (χ1v) is 15.2. The molecule has 4 rings (SSSR count). The molecule has 1 aliphatic rings. The quantitative estimate of drug-likeness (QED) is 0.276. The van der Waals surface area contributed by atoms with E-state index in [2.05, 4.69) is 17.2 Å². The molecule has 1 aromatic heterocycles. The number of aromatic nitrogens is 1. The fourth-order valence-corrected chi connectivity index (χ4v) is 5.30. The molecule has 2 aromatic carbocycles. The number of Topliss-reactive ketones (excluding diaryl/α,β-unsaturated/α-hetero) is 1. The van der Waals surface area contributed by atoms with Gasteiger partial charge in [-0.15, -0.1) is 0 Å². The zero-order valence-electron chi connectivity index (χ0n) is 27.0. The second-order valence-electron chi connectivity index (χ2n) is 14.0. The molecule has 0 radical (unpaired) electrons. The predicted octanol–water partition coefficient (Wildman–Crippen LogP) is 8.10. The van der Waals surface area contributed by atoms with Gasteiger partial charge in [0, 0.05) is 43.2 Å². The lowest BCUT2D eigenvalue weighted by Crippen LogP contribution is -2.45. The van der Waals surface area contributed by atoms with Crippen LogP contribution in [0.5, 0.6) is 0 Å². The van der Waals surface area contributed by atoms with Gasteiger partial charge < -0.3 is 14.4 Å². The molecule has 0 bridgehead atoms. The minimum Gasteiger partial charge on any atom is -0.444 e. The maximum atomic E-state index is 13.5. The van der Waals surface area contributed by atoms with E-state index in [1.165, 1.54) is 0 Å². The van der Waals surface area contributed by atoms with Crippen molar-refractivity contribution >= 4 is 23.7 Å². The molecular weight excluding hydrogens is 554 g/mol. The maximum absolute atomic E-state index is 13.5. The first-order valence-electron chi connectivity index (χ1n) is 15.2. The van der Waals surface area contributed by atoms with Gasteiger partial charge in [-0.05, 0) is 107 Å². The Bertz CT molecular complexity index is 1460. The normalized spacial score (nSPS) is 14.9. The van der Waals surface area contributed by atoms with Gasteiger partial charge in [0.2, 0.25) is 0 Å². The Balaban J connectivity index is 1.44. The Hall–Kier alpha value is -4.20. The fraction of sp³-hybridized carbons (Fsp3) is 0.444. The SMILES string of the molecule is CC1(Cc2ccc(C(=O)Cc3cc(-c4cccnc4)ccc3NC(=O)OC(C)(C)C)cc2)CCN(C(=O)OC(C)(C)C)CC1. The second kappa shape index (κ2) is 13.2. The zero-order chi connectivity index (χ0) is 32.1. The van der Waals surface area contributed by atoms with Crippen molar-refractivity contribution in [2.75, 3.05) is 18.4 Å². The minimum atomic E-state index is -0.649. The van der Waals surface area contributed by atoms with Crippen LogP contribution in [0.15, 0.2) is 67.0 Å². The number of rotatable bonds is 7. The molecule has 1 fully saturated rings. The number of carbonyl (C=O) groups excluding carboxylic acids is 3. The highest BCUT2D eigenvalue weighted by molar-refractivity contribution is 5.99. The molecule has 3 aromatic rings. The summed E-state index contributed by atoms with van der Waals surface area (Å²) in [6, 6.07) is 17.2. The highest BCUT2D eigenvalue weighted by Gasteiger charge is 2.33. The third-order valence-electron chi connectivity index (χ3n) is 7.62. The number of benzene rings is 2. The summed E-state index contributed by atoms with van der Waals surface area (Å²) in [5.74, 6) is -0.0518. The summed E-state index contributed by atoms with van der Waals surface area (Å²) in [7, 11) is 0. The molecular formula is C36H45N3O5. The Labute approximate surface area is 261 Å². The van der Waals surface area contributed by atoms with Crippen molar-refractivity contribution in [3.05, 3.63) is 83.7 Å². The Morgan fingerprint density at radius 3 is 2.14 bits per heavy atom. The van der Waals surface area contributed by atoms with Gasteiger partial charge in [0.15, 0.2) is 5.78 Å². The smallest absolute Gasteiger partial charge is 0.412 e. The molecule has 2 heterocycles. The number of likely N-dealkylation sites (tertiary alicyclic amines) is 1. The number of carbonyl (C=O) groups is 3. The van der Waals surface area contributed by atoms with E-state index < -0.39 is 17.3 Å². The molecule has 1 saturated heterocycles. The lowest BCUT2D eigenvalue weighted by Gasteiger charge is -2.40. The van der Waals surface area contributed by atoms with Gasteiger partial charge in [-0.3, -0.25) is 15.1 Å². The molecule has 0 aliphatic carbocycles. The lowest BCUT2D eigenvalue weighted by atomic mass is 9.75. The van der Waals surface area contributed by atoms with Crippen LogP contribution in [0.25, 0.3) is 11.1 Å². The van der Waals surface area contributed by atoms with Gasteiger partial charge in [0.1, 0.15) is 11.2 Å². The van der Waals surface area contributed by atoms with E-state index in [0.717, 1.165) is 36.0 Å². The molecule has 0 atom stereocenters. The van der Waals surface area contributed by atoms with Gasteiger partial charge in [-0.2, -0.15) is 0 Å². The van der Waals surface area contributed by atoms with Crippen LogP contribution < -0.4 is 5.32 Å². The van der Waals surface area contributed by atoms with Crippen molar-refractivity contribution in [1.82, 2.24) is 9.88 Å². The number of anilines is 1. The molecule has 44 heavy (non-hydrogen) atoms. The Kier molecular flexibility index (Phi) is 9.81. The third kappa shape index (κ3) is 9.40. The molecule has 1 aliphatic heterocycles. The average Bonchev–Trinajstić information content (AvgIpc) is 2.93. The molecule has 2 amide bonds. The van der Waals surface area contributed by atoms with Gasteiger partial charge in [-0.25, -0.2) is 9.59 Å². The van der Waals surface area contributed by atoms with Crippen molar-refractivity contribution in [3.8, 4) is 11.1 Å². The fourth-order valence-electron chi connectivity index (χ4n) is 5.30. The molecule has 234 valence electrons. The molecule has 8 nitrogen and oxygen atoms in total.